The van der Waals surface area contributed by atoms with Crippen LogP contribution in [0.4, 0.5) is 4.39 Å². The lowest BCUT2D eigenvalue weighted by Gasteiger charge is -2.25. The van der Waals surface area contributed by atoms with Crippen molar-refractivity contribution in [3.05, 3.63) is 76.6 Å². The molecule has 0 spiro atoms. The fourth-order valence-corrected chi connectivity index (χ4v) is 3.36. The van der Waals surface area contributed by atoms with Gasteiger partial charge in [-0.05, 0) is 38.5 Å². The van der Waals surface area contributed by atoms with Crippen LogP contribution in [0.5, 0.6) is 0 Å². The summed E-state index contributed by atoms with van der Waals surface area (Å²) < 4.78 is 19.0. The second kappa shape index (κ2) is 8.57. The maximum absolute atomic E-state index is 13.4. The van der Waals surface area contributed by atoms with E-state index in [9.17, 15) is 19.1 Å². The molecule has 2 aromatic rings. The monoisotopic (exact) mass is 397 g/mol. The van der Waals surface area contributed by atoms with E-state index in [1.165, 1.54) is 29.2 Å². The zero-order valence-electron chi connectivity index (χ0n) is 16.7. The Hall–Kier alpha value is -2.99. The predicted molar refractivity (Wildman–Crippen MR) is 108 cm³/mol. The van der Waals surface area contributed by atoms with Gasteiger partial charge < -0.3 is 14.7 Å². The van der Waals surface area contributed by atoms with Crippen LogP contribution in [0.2, 0.25) is 0 Å². The number of hydrogen-bond donors (Lipinski definition) is 1. The summed E-state index contributed by atoms with van der Waals surface area (Å²) in [5.74, 6) is -2.14. The van der Waals surface area contributed by atoms with Crippen LogP contribution in [0.15, 0.2) is 54.1 Å². The number of rotatable bonds is 6. The first-order valence-corrected chi connectivity index (χ1v) is 9.52. The summed E-state index contributed by atoms with van der Waals surface area (Å²) in [7, 11) is 0. The molecule has 1 N–H and O–H groups in total. The molecule has 1 atom stereocenters. The largest absolute Gasteiger partial charge is 0.507 e. The third-order valence-electron chi connectivity index (χ3n) is 4.83. The third kappa shape index (κ3) is 4.38. The highest BCUT2D eigenvalue weighted by Crippen LogP contribution is 2.39. The van der Waals surface area contributed by atoms with E-state index in [-0.39, 0.29) is 30.6 Å². The molecule has 152 valence electrons. The molecule has 0 aliphatic carbocycles. The number of amides is 1. The molecule has 0 saturated carbocycles. The number of ether oxygens (including phenoxy) is 1. The van der Waals surface area contributed by atoms with Crippen molar-refractivity contribution in [2.45, 2.75) is 32.9 Å². The molecule has 0 aromatic heterocycles. The standard InChI is InChI=1S/C23H24FNO4/c1-14(2)29-13-12-25-20(16-8-10-18(24)11-9-16)19(22(27)23(25)28)21(26)17-6-4-15(3)5-7-17/h4-11,14,20,26H,12-13H2,1-3H3/b21-19-. The highest BCUT2D eigenvalue weighted by Gasteiger charge is 2.45. The van der Waals surface area contributed by atoms with Gasteiger partial charge in [-0.2, -0.15) is 0 Å². The molecule has 6 heteroatoms. The van der Waals surface area contributed by atoms with Crippen molar-refractivity contribution in [1.29, 1.82) is 0 Å². The minimum absolute atomic E-state index is 0.00462. The second-order valence-corrected chi connectivity index (χ2v) is 7.33. The molecule has 1 unspecified atom stereocenters. The molecule has 1 heterocycles. The number of ketones is 1. The first-order valence-electron chi connectivity index (χ1n) is 9.52. The lowest BCUT2D eigenvalue weighted by atomic mass is 9.95. The average Bonchev–Trinajstić information content (AvgIpc) is 2.93. The van der Waals surface area contributed by atoms with Crippen molar-refractivity contribution in [1.82, 2.24) is 4.90 Å². The van der Waals surface area contributed by atoms with Gasteiger partial charge in [0.1, 0.15) is 11.6 Å². The fraction of sp³-hybridized carbons (Fsp3) is 0.304. The average molecular weight is 397 g/mol. The Balaban J connectivity index is 2.07. The Kier molecular flexibility index (Phi) is 6.13. The highest BCUT2D eigenvalue weighted by molar-refractivity contribution is 6.46. The van der Waals surface area contributed by atoms with Crippen LogP contribution < -0.4 is 0 Å². The number of benzene rings is 2. The van der Waals surface area contributed by atoms with E-state index < -0.39 is 23.5 Å². The number of nitrogens with zero attached hydrogens (tertiary/aromatic N) is 1. The lowest BCUT2D eigenvalue weighted by Crippen LogP contribution is -2.33. The molecular formula is C23H24FNO4. The predicted octanol–water partition coefficient (Wildman–Crippen LogP) is 3.98. The van der Waals surface area contributed by atoms with E-state index in [1.54, 1.807) is 12.1 Å². The molecule has 1 amide bonds. The number of aliphatic hydroxyl groups is 1. The van der Waals surface area contributed by atoms with Gasteiger partial charge in [0.2, 0.25) is 0 Å². The van der Waals surface area contributed by atoms with Gasteiger partial charge in [0.15, 0.2) is 0 Å². The van der Waals surface area contributed by atoms with Crippen LogP contribution in [0.3, 0.4) is 0 Å². The summed E-state index contributed by atoms with van der Waals surface area (Å²) in [6.45, 7) is 6.09. The van der Waals surface area contributed by atoms with E-state index >= 15 is 0 Å². The fourth-order valence-electron chi connectivity index (χ4n) is 3.36. The highest BCUT2D eigenvalue weighted by atomic mass is 19.1. The molecule has 1 saturated heterocycles. The van der Waals surface area contributed by atoms with Gasteiger partial charge >= 0.3 is 0 Å². The first-order chi connectivity index (χ1) is 13.8. The quantitative estimate of drug-likeness (QED) is 0.455. The second-order valence-electron chi connectivity index (χ2n) is 7.33. The smallest absolute Gasteiger partial charge is 0.295 e. The van der Waals surface area contributed by atoms with Crippen LogP contribution in [0.1, 0.15) is 36.6 Å². The summed E-state index contributed by atoms with van der Waals surface area (Å²) in [6.07, 6.45) is -0.0244. The first kappa shape index (κ1) is 20.7. The van der Waals surface area contributed by atoms with Crippen LogP contribution in [0, 0.1) is 12.7 Å². The van der Waals surface area contributed by atoms with Crippen LogP contribution in [0.25, 0.3) is 5.76 Å². The van der Waals surface area contributed by atoms with Crippen LogP contribution in [-0.4, -0.2) is 41.0 Å². The van der Waals surface area contributed by atoms with Crippen molar-refractivity contribution < 1.29 is 23.8 Å². The summed E-state index contributed by atoms with van der Waals surface area (Å²) in [5, 5.41) is 10.9. The Morgan fingerprint density at radius 1 is 1.10 bits per heavy atom. The summed E-state index contributed by atoms with van der Waals surface area (Å²) in [4.78, 5) is 26.9. The van der Waals surface area contributed by atoms with Gasteiger partial charge in [-0.25, -0.2) is 4.39 Å². The van der Waals surface area contributed by atoms with E-state index in [2.05, 4.69) is 0 Å². The number of likely N-dealkylation sites (tertiary alicyclic amines) is 1. The molecule has 0 radical (unpaired) electrons. The zero-order valence-corrected chi connectivity index (χ0v) is 16.7. The maximum atomic E-state index is 13.4. The Morgan fingerprint density at radius 3 is 2.31 bits per heavy atom. The van der Waals surface area contributed by atoms with Crippen molar-refractivity contribution in [2.75, 3.05) is 13.2 Å². The van der Waals surface area contributed by atoms with Crippen LogP contribution in [-0.2, 0) is 14.3 Å². The minimum Gasteiger partial charge on any atom is -0.507 e. The number of aliphatic hydroxyl groups excluding tert-OH is 1. The Bertz CT molecular complexity index is 932. The number of Topliss-reactive ketones (excluding diaryl/α,β-unsaturated/α-hetero) is 1. The topological polar surface area (TPSA) is 66.8 Å². The number of aryl methyl sites for hydroxylation is 1. The van der Waals surface area contributed by atoms with E-state index in [4.69, 9.17) is 4.74 Å². The summed E-state index contributed by atoms with van der Waals surface area (Å²) >= 11 is 0. The molecular weight excluding hydrogens is 373 g/mol. The lowest BCUT2D eigenvalue weighted by molar-refractivity contribution is -0.140. The number of carbonyl (C=O) groups excluding carboxylic acids is 2. The number of carbonyl (C=O) groups is 2. The number of halogens is 1. The van der Waals surface area contributed by atoms with Gasteiger partial charge in [0.25, 0.3) is 11.7 Å². The van der Waals surface area contributed by atoms with Gasteiger partial charge in [-0.3, -0.25) is 9.59 Å². The molecule has 2 aromatic carbocycles. The Labute approximate surface area is 169 Å². The molecule has 1 fully saturated rings. The molecule has 29 heavy (non-hydrogen) atoms. The van der Waals surface area contributed by atoms with Gasteiger partial charge in [-0.15, -0.1) is 0 Å². The third-order valence-corrected chi connectivity index (χ3v) is 4.83. The summed E-state index contributed by atoms with van der Waals surface area (Å²) in [5.41, 5.74) is 1.99. The van der Waals surface area contributed by atoms with Crippen molar-refractivity contribution in [3.8, 4) is 0 Å². The van der Waals surface area contributed by atoms with Crippen LogP contribution >= 0.6 is 0 Å². The minimum atomic E-state index is -0.812. The molecule has 1 aliphatic rings. The molecule has 0 bridgehead atoms. The van der Waals surface area contributed by atoms with E-state index in [0.29, 0.717) is 11.1 Å². The zero-order chi connectivity index (χ0) is 21.1. The van der Waals surface area contributed by atoms with Gasteiger partial charge in [-0.1, -0.05) is 42.0 Å². The molecule has 3 rings (SSSR count). The molecule has 1 aliphatic heterocycles. The normalized spacial score (nSPS) is 18.7. The molecule has 5 nitrogen and oxygen atoms in total. The van der Waals surface area contributed by atoms with Crippen molar-refractivity contribution >= 4 is 17.4 Å². The van der Waals surface area contributed by atoms with Crippen molar-refractivity contribution in [3.63, 3.8) is 0 Å². The summed E-state index contributed by atoms with van der Waals surface area (Å²) in [6, 6.07) is 11.8. The van der Waals surface area contributed by atoms with Gasteiger partial charge in [0.05, 0.1) is 24.3 Å². The number of hydrogen-bond acceptors (Lipinski definition) is 4. The van der Waals surface area contributed by atoms with E-state index in [0.717, 1.165) is 5.56 Å². The van der Waals surface area contributed by atoms with Gasteiger partial charge in [0, 0.05) is 12.1 Å². The SMILES string of the molecule is Cc1ccc(/C(O)=C2/C(=O)C(=O)N(CCOC(C)C)C2c2ccc(F)cc2)cc1. The van der Waals surface area contributed by atoms with Crippen molar-refractivity contribution in [2.24, 2.45) is 0 Å². The van der Waals surface area contributed by atoms with E-state index in [1.807, 2.05) is 32.9 Å². The Morgan fingerprint density at radius 2 is 1.72 bits per heavy atom. The maximum Gasteiger partial charge on any atom is 0.295 e.